The van der Waals surface area contributed by atoms with Crippen LogP contribution in [-0.4, -0.2) is 5.11 Å². The molecule has 2 aromatic rings. The molecule has 1 atom stereocenters. The van der Waals surface area contributed by atoms with Crippen molar-refractivity contribution in [3.8, 4) is 0 Å². The molecule has 19 heavy (non-hydrogen) atoms. The van der Waals surface area contributed by atoms with E-state index in [4.69, 9.17) is 11.6 Å². The average Bonchev–Trinajstić information content (AvgIpc) is 3.22. The summed E-state index contributed by atoms with van der Waals surface area (Å²) >= 11 is 5.74. The maximum absolute atomic E-state index is 13.9. The van der Waals surface area contributed by atoms with Crippen LogP contribution >= 0.6 is 11.6 Å². The van der Waals surface area contributed by atoms with E-state index in [1.807, 2.05) is 24.3 Å². The zero-order valence-corrected chi connectivity index (χ0v) is 11.1. The summed E-state index contributed by atoms with van der Waals surface area (Å²) in [5.41, 5.74) is 2.20. The molecule has 0 aromatic heterocycles. The summed E-state index contributed by atoms with van der Waals surface area (Å²) in [6.45, 7) is 0. The van der Waals surface area contributed by atoms with Crippen molar-refractivity contribution < 1.29 is 9.50 Å². The molecule has 1 fully saturated rings. The second-order valence-electron chi connectivity index (χ2n) is 4.97. The number of benzene rings is 2. The van der Waals surface area contributed by atoms with Gasteiger partial charge in [-0.25, -0.2) is 4.39 Å². The fourth-order valence-corrected chi connectivity index (χ4v) is 2.58. The molecule has 0 aliphatic heterocycles. The Kier molecular flexibility index (Phi) is 3.29. The number of hydrogen-bond donors (Lipinski definition) is 1. The Hall–Kier alpha value is -1.38. The van der Waals surface area contributed by atoms with Gasteiger partial charge in [0.15, 0.2) is 0 Å². The molecule has 3 rings (SSSR count). The van der Waals surface area contributed by atoms with Crippen LogP contribution in [-0.2, 0) is 0 Å². The lowest BCUT2D eigenvalue weighted by Gasteiger charge is -2.16. The third-order valence-corrected chi connectivity index (χ3v) is 3.80. The fraction of sp³-hybridized carbons (Fsp3) is 0.250. The monoisotopic (exact) mass is 276 g/mol. The molecule has 3 heteroatoms. The molecule has 98 valence electrons. The van der Waals surface area contributed by atoms with Crippen LogP contribution in [0, 0.1) is 5.82 Å². The first-order valence-corrected chi connectivity index (χ1v) is 6.76. The normalized spacial score (nSPS) is 16.4. The van der Waals surface area contributed by atoms with Crippen molar-refractivity contribution in [2.75, 3.05) is 0 Å². The van der Waals surface area contributed by atoms with Crippen molar-refractivity contribution in [3.05, 3.63) is 70.0 Å². The predicted octanol–water partition coefficient (Wildman–Crippen LogP) is 4.44. The molecule has 0 spiro atoms. The molecule has 1 aliphatic carbocycles. The molecule has 1 unspecified atom stereocenters. The molecule has 1 N–H and O–H groups in total. The summed E-state index contributed by atoms with van der Waals surface area (Å²) in [7, 11) is 0. The number of hydrogen-bond acceptors (Lipinski definition) is 1. The van der Waals surface area contributed by atoms with Gasteiger partial charge in [0.1, 0.15) is 11.9 Å². The second kappa shape index (κ2) is 4.95. The highest BCUT2D eigenvalue weighted by Gasteiger charge is 2.28. The first-order chi connectivity index (χ1) is 9.16. The summed E-state index contributed by atoms with van der Waals surface area (Å²) in [5, 5.41) is 10.8. The quantitative estimate of drug-likeness (QED) is 0.879. The highest BCUT2D eigenvalue weighted by molar-refractivity contribution is 6.30. The van der Waals surface area contributed by atoms with Gasteiger partial charge in [0.25, 0.3) is 0 Å². The van der Waals surface area contributed by atoms with E-state index in [-0.39, 0.29) is 5.56 Å². The van der Waals surface area contributed by atoms with Gasteiger partial charge in [-0.1, -0.05) is 41.9 Å². The Bertz CT molecular complexity index is 607. The number of rotatable bonds is 3. The second-order valence-corrected chi connectivity index (χ2v) is 5.41. The first kappa shape index (κ1) is 12.6. The number of aliphatic hydroxyl groups excluding tert-OH is 1. The smallest absolute Gasteiger partial charge is 0.130 e. The maximum Gasteiger partial charge on any atom is 0.130 e. The first-order valence-electron chi connectivity index (χ1n) is 6.38. The third-order valence-electron chi connectivity index (χ3n) is 3.56. The van der Waals surface area contributed by atoms with E-state index in [1.54, 1.807) is 12.1 Å². The van der Waals surface area contributed by atoms with Crippen molar-refractivity contribution in [2.24, 2.45) is 0 Å². The predicted molar refractivity (Wildman–Crippen MR) is 73.9 cm³/mol. The van der Waals surface area contributed by atoms with E-state index < -0.39 is 11.9 Å². The summed E-state index contributed by atoms with van der Waals surface area (Å²) in [6.07, 6.45) is 1.36. The van der Waals surface area contributed by atoms with Crippen LogP contribution in [0.4, 0.5) is 4.39 Å². The molecule has 1 aliphatic rings. The molecule has 2 aromatic carbocycles. The topological polar surface area (TPSA) is 20.2 Å². The van der Waals surface area contributed by atoms with Crippen molar-refractivity contribution in [2.45, 2.75) is 24.9 Å². The van der Waals surface area contributed by atoms with E-state index in [1.165, 1.54) is 6.07 Å². The minimum Gasteiger partial charge on any atom is -0.384 e. The Morgan fingerprint density at radius 3 is 2.53 bits per heavy atom. The lowest BCUT2D eigenvalue weighted by molar-refractivity contribution is 0.214. The summed E-state index contributed by atoms with van der Waals surface area (Å²) in [5.74, 6) is 0.0480. The maximum atomic E-state index is 13.9. The molecule has 0 radical (unpaired) electrons. The SMILES string of the molecule is OC(c1ccc(Cl)cc1F)c1ccccc1C1CC1. The van der Waals surface area contributed by atoms with Gasteiger partial charge in [0, 0.05) is 10.6 Å². The van der Waals surface area contributed by atoms with Crippen molar-refractivity contribution in [1.29, 1.82) is 0 Å². The van der Waals surface area contributed by atoms with Gasteiger partial charge < -0.3 is 5.11 Å². The van der Waals surface area contributed by atoms with Crippen LogP contribution in [0.2, 0.25) is 5.02 Å². The molecular weight excluding hydrogens is 263 g/mol. The zero-order valence-electron chi connectivity index (χ0n) is 10.3. The Balaban J connectivity index is 2.01. The third kappa shape index (κ3) is 2.51. The number of halogens is 2. The summed E-state index contributed by atoms with van der Waals surface area (Å²) in [6, 6.07) is 12.1. The van der Waals surface area contributed by atoms with Gasteiger partial charge in [-0.15, -0.1) is 0 Å². The van der Waals surface area contributed by atoms with Crippen molar-refractivity contribution in [1.82, 2.24) is 0 Å². The van der Waals surface area contributed by atoms with Crippen LogP contribution in [0.5, 0.6) is 0 Å². The molecule has 0 bridgehead atoms. The summed E-state index contributed by atoms with van der Waals surface area (Å²) < 4.78 is 13.9. The van der Waals surface area contributed by atoms with Gasteiger partial charge in [-0.2, -0.15) is 0 Å². The molecule has 0 saturated heterocycles. The molecule has 0 heterocycles. The van der Waals surface area contributed by atoms with E-state index in [2.05, 4.69) is 0 Å². The van der Waals surface area contributed by atoms with E-state index in [0.717, 1.165) is 24.0 Å². The van der Waals surface area contributed by atoms with E-state index in [0.29, 0.717) is 10.9 Å². The Morgan fingerprint density at radius 2 is 1.84 bits per heavy atom. The zero-order chi connectivity index (χ0) is 13.4. The minimum atomic E-state index is -0.936. The Morgan fingerprint density at radius 1 is 1.11 bits per heavy atom. The van der Waals surface area contributed by atoms with Gasteiger partial charge in [-0.3, -0.25) is 0 Å². The highest BCUT2D eigenvalue weighted by atomic mass is 35.5. The highest BCUT2D eigenvalue weighted by Crippen LogP contribution is 2.44. The van der Waals surface area contributed by atoms with Crippen LogP contribution < -0.4 is 0 Å². The molecule has 1 nitrogen and oxygen atoms in total. The Labute approximate surface area is 116 Å². The molecule has 0 amide bonds. The standard InChI is InChI=1S/C16H14ClFO/c17-11-7-8-14(15(18)9-11)16(19)13-4-2-1-3-12(13)10-5-6-10/h1-4,7-10,16,19H,5-6H2. The fourth-order valence-electron chi connectivity index (χ4n) is 2.42. The largest absolute Gasteiger partial charge is 0.384 e. The lowest BCUT2D eigenvalue weighted by Crippen LogP contribution is -2.05. The van der Waals surface area contributed by atoms with Crippen LogP contribution in [0.15, 0.2) is 42.5 Å². The van der Waals surface area contributed by atoms with E-state index >= 15 is 0 Å². The summed E-state index contributed by atoms with van der Waals surface area (Å²) in [4.78, 5) is 0. The van der Waals surface area contributed by atoms with E-state index in [9.17, 15) is 9.50 Å². The van der Waals surface area contributed by atoms with Crippen LogP contribution in [0.1, 0.15) is 41.6 Å². The molecular formula is C16H14ClFO. The van der Waals surface area contributed by atoms with Gasteiger partial charge in [-0.05, 0) is 42.0 Å². The van der Waals surface area contributed by atoms with Crippen molar-refractivity contribution >= 4 is 11.6 Å². The minimum absolute atomic E-state index is 0.275. The molecule has 1 saturated carbocycles. The van der Waals surface area contributed by atoms with Crippen LogP contribution in [0.25, 0.3) is 0 Å². The number of aliphatic hydroxyl groups is 1. The van der Waals surface area contributed by atoms with Gasteiger partial charge in [0.2, 0.25) is 0 Å². The van der Waals surface area contributed by atoms with Crippen molar-refractivity contribution in [3.63, 3.8) is 0 Å². The average molecular weight is 277 g/mol. The lowest BCUT2D eigenvalue weighted by atomic mass is 9.94. The van der Waals surface area contributed by atoms with Gasteiger partial charge >= 0.3 is 0 Å². The van der Waals surface area contributed by atoms with Crippen LogP contribution in [0.3, 0.4) is 0 Å². The van der Waals surface area contributed by atoms with Gasteiger partial charge in [0.05, 0.1) is 0 Å².